The number of aromatic carboxylic acids is 1. The first-order valence-corrected chi connectivity index (χ1v) is 10.9. The molecule has 0 spiro atoms. The third-order valence-electron chi connectivity index (χ3n) is 4.72. The van der Waals surface area contributed by atoms with Gasteiger partial charge in [0, 0.05) is 29.9 Å². The van der Waals surface area contributed by atoms with E-state index in [9.17, 15) is 9.90 Å². The first kappa shape index (κ1) is 23.6. The molecule has 0 unspecified atom stereocenters. The molecule has 0 heterocycles. The molecule has 5 nitrogen and oxygen atoms in total. The van der Waals surface area contributed by atoms with Crippen molar-refractivity contribution >= 4 is 29.4 Å². The Hall–Kier alpha value is -2.70. The van der Waals surface area contributed by atoms with Gasteiger partial charge < -0.3 is 20.3 Å². The molecule has 0 aliphatic heterocycles. The summed E-state index contributed by atoms with van der Waals surface area (Å²) in [7, 11) is 0. The van der Waals surface area contributed by atoms with Crippen molar-refractivity contribution < 1.29 is 14.5 Å². The normalized spacial score (nSPS) is 11.8. The van der Waals surface area contributed by atoms with E-state index in [1.165, 1.54) is 0 Å². The zero-order valence-electron chi connectivity index (χ0n) is 17.5. The van der Waals surface area contributed by atoms with Gasteiger partial charge in [-0.3, -0.25) is 0 Å². The molecule has 0 atom stereocenters. The summed E-state index contributed by atoms with van der Waals surface area (Å²) in [5, 5.41) is 16.0. The molecule has 2 aromatic rings. The molecule has 30 heavy (non-hydrogen) atoms. The fourth-order valence-electron chi connectivity index (χ4n) is 3.04. The molecule has 0 saturated heterocycles. The minimum atomic E-state index is -0.930. The van der Waals surface area contributed by atoms with Gasteiger partial charge in [0.05, 0.1) is 5.56 Å². The van der Waals surface area contributed by atoms with Crippen LogP contribution in [0.2, 0.25) is 0 Å². The van der Waals surface area contributed by atoms with Gasteiger partial charge in [-0.25, -0.2) is 4.79 Å². The number of hydrogen-bond donors (Lipinski definition) is 4. The van der Waals surface area contributed by atoms with Crippen molar-refractivity contribution in [3.63, 3.8) is 0 Å². The summed E-state index contributed by atoms with van der Waals surface area (Å²) < 4.78 is 8.87. The molecule has 6 heteroatoms. The topological polar surface area (TPSA) is 81.6 Å². The van der Waals surface area contributed by atoms with E-state index < -0.39 is 5.97 Å². The standard InChI is InChI=1S/C24H30N2O3S/c1-24(2,14-7-4-8-15-25-20-10-5-3-6-11-20)21-18-19(23(27)28)12-13-22(21)26-16-9-17-30-29/h3-8,10-13,15,18,25-26,29H,9,14,16-17H2,1-2H3,(H,27,28)/b7-4+,15-8+. The number of carboxylic acids is 1. The Morgan fingerprint density at radius 2 is 1.90 bits per heavy atom. The van der Waals surface area contributed by atoms with Crippen LogP contribution >= 0.6 is 12.0 Å². The van der Waals surface area contributed by atoms with Crippen LogP contribution in [0.1, 0.15) is 42.6 Å². The molecule has 0 aliphatic rings. The van der Waals surface area contributed by atoms with Crippen molar-refractivity contribution in [1.29, 1.82) is 0 Å². The van der Waals surface area contributed by atoms with E-state index >= 15 is 0 Å². The monoisotopic (exact) mass is 426 g/mol. The number of carbonyl (C=O) groups is 1. The van der Waals surface area contributed by atoms with Crippen LogP contribution in [0.5, 0.6) is 0 Å². The average molecular weight is 427 g/mol. The second-order valence-electron chi connectivity index (χ2n) is 7.56. The SMILES string of the molecule is CC(C)(C/C=C/C=C/Nc1ccccc1)c1cc(C(=O)O)ccc1NCCCSO. The summed E-state index contributed by atoms with van der Waals surface area (Å²) in [6.07, 6.45) is 9.49. The lowest BCUT2D eigenvalue weighted by Gasteiger charge is -2.27. The fourth-order valence-corrected chi connectivity index (χ4v) is 3.31. The maximum absolute atomic E-state index is 11.5. The minimum Gasteiger partial charge on any atom is -0.478 e. The number of benzene rings is 2. The van der Waals surface area contributed by atoms with Crippen molar-refractivity contribution in [3.05, 3.63) is 84.1 Å². The van der Waals surface area contributed by atoms with Crippen molar-refractivity contribution in [2.75, 3.05) is 22.9 Å². The van der Waals surface area contributed by atoms with Gasteiger partial charge in [-0.2, -0.15) is 0 Å². The summed E-state index contributed by atoms with van der Waals surface area (Å²) in [5.74, 6) is -0.272. The van der Waals surface area contributed by atoms with Gasteiger partial charge >= 0.3 is 5.97 Å². The van der Waals surface area contributed by atoms with E-state index in [0.717, 1.165) is 41.8 Å². The summed E-state index contributed by atoms with van der Waals surface area (Å²) in [6, 6.07) is 15.2. The fraction of sp³-hybridized carbons (Fsp3) is 0.292. The molecule has 2 rings (SSSR count). The van der Waals surface area contributed by atoms with E-state index in [2.05, 4.69) is 30.6 Å². The van der Waals surface area contributed by atoms with Gasteiger partial charge in [-0.15, -0.1) is 0 Å². The smallest absolute Gasteiger partial charge is 0.335 e. The first-order valence-electron chi connectivity index (χ1n) is 9.95. The molecule has 2 aromatic carbocycles. The number of anilines is 2. The summed E-state index contributed by atoms with van der Waals surface area (Å²) in [6.45, 7) is 4.94. The van der Waals surface area contributed by atoms with Crippen molar-refractivity contribution in [3.8, 4) is 0 Å². The zero-order valence-corrected chi connectivity index (χ0v) is 18.3. The molecule has 0 amide bonds. The average Bonchev–Trinajstić information content (AvgIpc) is 2.74. The van der Waals surface area contributed by atoms with Gasteiger partial charge in [-0.05, 0) is 72.3 Å². The summed E-state index contributed by atoms with van der Waals surface area (Å²) in [4.78, 5) is 11.5. The van der Waals surface area contributed by atoms with Crippen LogP contribution in [0.25, 0.3) is 0 Å². The first-order chi connectivity index (χ1) is 14.4. The van der Waals surface area contributed by atoms with Crippen LogP contribution in [0.3, 0.4) is 0 Å². The van der Waals surface area contributed by atoms with E-state index in [1.54, 1.807) is 12.1 Å². The largest absolute Gasteiger partial charge is 0.478 e. The molecule has 4 N–H and O–H groups in total. The predicted molar refractivity (Wildman–Crippen MR) is 128 cm³/mol. The van der Waals surface area contributed by atoms with Crippen molar-refractivity contribution in [1.82, 2.24) is 0 Å². The Labute approximate surface area is 183 Å². The van der Waals surface area contributed by atoms with Crippen molar-refractivity contribution in [2.45, 2.75) is 32.1 Å². The Morgan fingerprint density at radius 3 is 2.60 bits per heavy atom. The van der Waals surface area contributed by atoms with Crippen molar-refractivity contribution in [2.24, 2.45) is 0 Å². The van der Waals surface area contributed by atoms with Crippen LogP contribution in [-0.4, -0.2) is 27.9 Å². The molecular formula is C24H30N2O3S. The highest BCUT2D eigenvalue weighted by Crippen LogP contribution is 2.34. The number of allylic oxidation sites excluding steroid dienone is 3. The number of nitrogens with one attached hydrogen (secondary N) is 2. The van der Waals surface area contributed by atoms with Gasteiger partial charge in [0.15, 0.2) is 0 Å². The van der Waals surface area contributed by atoms with Gasteiger partial charge in [-0.1, -0.05) is 44.2 Å². The third-order valence-corrected chi connectivity index (χ3v) is 5.19. The Bertz CT molecular complexity index is 864. The minimum absolute atomic E-state index is 0.253. The predicted octanol–water partition coefficient (Wildman–Crippen LogP) is 6.24. The van der Waals surface area contributed by atoms with Crippen LogP contribution < -0.4 is 10.6 Å². The summed E-state index contributed by atoms with van der Waals surface area (Å²) >= 11 is 0.831. The molecule has 0 aliphatic carbocycles. The Kier molecular flexibility index (Phi) is 9.51. The summed E-state index contributed by atoms with van der Waals surface area (Å²) in [5.41, 5.74) is 2.96. The molecule has 0 saturated carbocycles. The number of hydrogen-bond acceptors (Lipinski definition) is 5. The van der Waals surface area contributed by atoms with Gasteiger partial charge in [0.2, 0.25) is 0 Å². The number of para-hydroxylation sites is 1. The lowest BCUT2D eigenvalue weighted by molar-refractivity contribution is 0.0696. The van der Waals surface area contributed by atoms with Gasteiger partial charge in [0.1, 0.15) is 0 Å². The lowest BCUT2D eigenvalue weighted by atomic mass is 9.79. The van der Waals surface area contributed by atoms with E-state index in [-0.39, 0.29) is 11.0 Å². The molecular weight excluding hydrogens is 396 g/mol. The van der Waals surface area contributed by atoms with Crippen LogP contribution in [0.4, 0.5) is 11.4 Å². The van der Waals surface area contributed by atoms with Gasteiger partial charge in [0.25, 0.3) is 0 Å². The highest BCUT2D eigenvalue weighted by Gasteiger charge is 2.24. The second-order valence-corrected chi connectivity index (χ2v) is 8.23. The molecule has 0 aromatic heterocycles. The van der Waals surface area contributed by atoms with Crippen LogP contribution in [0, 0.1) is 0 Å². The van der Waals surface area contributed by atoms with E-state index in [4.69, 9.17) is 4.55 Å². The van der Waals surface area contributed by atoms with Crippen LogP contribution in [0.15, 0.2) is 73.0 Å². The lowest BCUT2D eigenvalue weighted by Crippen LogP contribution is -2.20. The maximum Gasteiger partial charge on any atom is 0.335 e. The number of rotatable bonds is 12. The van der Waals surface area contributed by atoms with E-state index in [1.807, 2.05) is 54.8 Å². The Morgan fingerprint density at radius 1 is 1.13 bits per heavy atom. The third kappa shape index (κ3) is 7.61. The molecule has 0 radical (unpaired) electrons. The zero-order chi connectivity index (χ0) is 21.8. The molecule has 0 bridgehead atoms. The van der Waals surface area contributed by atoms with E-state index in [0.29, 0.717) is 12.3 Å². The molecule has 160 valence electrons. The maximum atomic E-state index is 11.5. The Balaban J connectivity index is 2.05. The highest BCUT2D eigenvalue weighted by atomic mass is 32.2. The number of carboxylic acid groups (broad SMARTS) is 1. The highest BCUT2D eigenvalue weighted by molar-refractivity contribution is 7.93. The quantitative estimate of drug-likeness (QED) is 0.183. The van der Waals surface area contributed by atoms with Crippen LogP contribution in [-0.2, 0) is 5.41 Å². The second kappa shape index (κ2) is 12.1. The molecule has 0 fully saturated rings.